The number of halogens is 1. The Hall–Kier alpha value is -0.0800. The minimum Gasteiger partial charge on any atom is -0.379 e. The third-order valence-electron chi connectivity index (χ3n) is 4.81. The van der Waals surface area contributed by atoms with Gasteiger partial charge in [-0.05, 0) is 37.6 Å². The highest BCUT2D eigenvalue weighted by Crippen LogP contribution is 2.21. The quantitative estimate of drug-likeness (QED) is 0.368. The second kappa shape index (κ2) is 11.5. The van der Waals surface area contributed by atoms with Crippen LogP contribution in [-0.2, 0) is 4.74 Å². The molecule has 1 saturated heterocycles. The van der Waals surface area contributed by atoms with Crippen molar-refractivity contribution in [2.75, 3.05) is 40.3 Å². The summed E-state index contributed by atoms with van der Waals surface area (Å²) in [6.07, 6.45) is 2.84. The van der Waals surface area contributed by atoms with Gasteiger partial charge < -0.3 is 15.4 Å². The van der Waals surface area contributed by atoms with Crippen LogP contribution in [0.5, 0.6) is 0 Å². The number of hydrogen-bond donors (Lipinski definition) is 2. The highest BCUT2D eigenvalue weighted by Gasteiger charge is 2.25. The summed E-state index contributed by atoms with van der Waals surface area (Å²) in [5.41, 5.74) is 0.109. The van der Waals surface area contributed by atoms with Gasteiger partial charge >= 0.3 is 0 Å². The molecule has 3 atom stereocenters. The van der Waals surface area contributed by atoms with E-state index in [1.54, 1.807) is 7.11 Å². The first-order chi connectivity index (χ1) is 10.8. The molecule has 3 unspecified atom stereocenters. The SMILES string of the molecule is CN=C(NCC(C)N1CCCC(C)C1)NCC(OC)C(C)(C)C.I. The van der Waals surface area contributed by atoms with E-state index in [1.165, 1.54) is 25.9 Å². The van der Waals surface area contributed by atoms with Crippen LogP contribution in [0.2, 0.25) is 0 Å². The van der Waals surface area contributed by atoms with Crippen molar-refractivity contribution >= 4 is 29.9 Å². The molecule has 0 radical (unpaired) electrons. The monoisotopic (exact) mass is 454 g/mol. The summed E-state index contributed by atoms with van der Waals surface area (Å²) in [6.45, 7) is 15.3. The number of methoxy groups -OCH3 is 1. The largest absolute Gasteiger partial charge is 0.379 e. The molecule has 5 nitrogen and oxygen atoms in total. The lowest BCUT2D eigenvalue weighted by Crippen LogP contribution is -2.50. The highest BCUT2D eigenvalue weighted by molar-refractivity contribution is 14.0. The molecule has 0 aromatic heterocycles. The second-order valence-electron chi connectivity index (χ2n) is 8.02. The van der Waals surface area contributed by atoms with Crippen LogP contribution in [-0.4, -0.2) is 63.3 Å². The maximum atomic E-state index is 5.59. The summed E-state index contributed by atoms with van der Waals surface area (Å²) in [4.78, 5) is 6.91. The molecule has 0 saturated carbocycles. The molecule has 1 fully saturated rings. The third kappa shape index (κ3) is 8.34. The van der Waals surface area contributed by atoms with Gasteiger partial charge in [0.25, 0.3) is 0 Å². The lowest BCUT2D eigenvalue weighted by atomic mass is 9.89. The van der Waals surface area contributed by atoms with E-state index in [2.05, 4.69) is 55.1 Å². The van der Waals surface area contributed by atoms with E-state index >= 15 is 0 Å². The van der Waals surface area contributed by atoms with Crippen molar-refractivity contribution in [3.63, 3.8) is 0 Å². The Morgan fingerprint density at radius 3 is 2.42 bits per heavy atom. The third-order valence-corrected chi connectivity index (χ3v) is 4.81. The van der Waals surface area contributed by atoms with E-state index in [-0.39, 0.29) is 35.5 Å². The van der Waals surface area contributed by atoms with E-state index in [0.29, 0.717) is 6.04 Å². The van der Waals surface area contributed by atoms with Gasteiger partial charge in [-0.1, -0.05) is 27.7 Å². The molecule has 1 rings (SSSR count). The van der Waals surface area contributed by atoms with E-state index in [9.17, 15) is 0 Å². The fraction of sp³-hybridized carbons (Fsp3) is 0.944. The van der Waals surface area contributed by atoms with Crippen LogP contribution in [0.1, 0.15) is 47.5 Å². The van der Waals surface area contributed by atoms with Crippen molar-refractivity contribution in [1.29, 1.82) is 0 Å². The smallest absolute Gasteiger partial charge is 0.191 e. The number of likely N-dealkylation sites (tertiary alicyclic amines) is 1. The Labute approximate surface area is 166 Å². The molecule has 1 heterocycles. The maximum absolute atomic E-state index is 5.59. The van der Waals surface area contributed by atoms with Crippen molar-refractivity contribution in [2.45, 2.75) is 59.6 Å². The number of guanidine groups is 1. The Kier molecular flexibility index (Phi) is 11.5. The molecule has 1 aliphatic rings. The molecular formula is C18H39IN4O. The maximum Gasteiger partial charge on any atom is 0.191 e. The molecule has 0 bridgehead atoms. The number of hydrogen-bond acceptors (Lipinski definition) is 3. The van der Waals surface area contributed by atoms with Gasteiger partial charge in [-0.25, -0.2) is 0 Å². The lowest BCUT2D eigenvalue weighted by molar-refractivity contribution is 0.0205. The fourth-order valence-electron chi connectivity index (χ4n) is 3.15. The van der Waals surface area contributed by atoms with Gasteiger partial charge in [-0.2, -0.15) is 0 Å². The minimum absolute atomic E-state index is 0. The Morgan fingerprint density at radius 2 is 1.92 bits per heavy atom. The Bertz CT molecular complexity index is 371. The second-order valence-corrected chi connectivity index (χ2v) is 8.02. The first-order valence-electron chi connectivity index (χ1n) is 8.99. The first-order valence-corrected chi connectivity index (χ1v) is 8.99. The molecule has 144 valence electrons. The zero-order chi connectivity index (χ0) is 17.5. The lowest BCUT2D eigenvalue weighted by Gasteiger charge is -2.36. The van der Waals surface area contributed by atoms with Gasteiger partial charge in [-0.3, -0.25) is 9.89 Å². The van der Waals surface area contributed by atoms with Gasteiger partial charge in [-0.15, -0.1) is 24.0 Å². The molecule has 24 heavy (non-hydrogen) atoms. The van der Waals surface area contributed by atoms with Crippen LogP contribution in [0.3, 0.4) is 0 Å². The number of piperidine rings is 1. The van der Waals surface area contributed by atoms with Crippen LogP contribution in [0.4, 0.5) is 0 Å². The molecule has 0 aliphatic carbocycles. The van der Waals surface area contributed by atoms with Crippen molar-refractivity contribution < 1.29 is 4.74 Å². The average Bonchev–Trinajstić information content (AvgIpc) is 2.49. The van der Waals surface area contributed by atoms with Crippen molar-refractivity contribution in [3.8, 4) is 0 Å². The summed E-state index contributed by atoms with van der Waals surface area (Å²) < 4.78 is 5.59. The van der Waals surface area contributed by atoms with Gasteiger partial charge in [0.2, 0.25) is 0 Å². The highest BCUT2D eigenvalue weighted by atomic mass is 127. The predicted octanol–water partition coefficient (Wildman–Crippen LogP) is 2.95. The predicted molar refractivity (Wildman–Crippen MR) is 114 cm³/mol. The van der Waals surface area contributed by atoms with Crippen molar-refractivity contribution in [3.05, 3.63) is 0 Å². The summed E-state index contributed by atoms with van der Waals surface area (Å²) >= 11 is 0. The molecule has 1 aliphatic heterocycles. The molecule has 0 amide bonds. The molecular weight excluding hydrogens is 415 g/mol. The molecule has 6 heteroatoms. The van der Waals surface area contributed by atoms with Crippen LogP contribution >= 0.6 is 24.0 Å². The fourth-order valence-corrected chi connectivity index (χ4v) is 3.15. The summed E-state index contributed by atoms with van der Waals surface area (Å²) in [6, 6.07) is 0.525. The molecule has 0 aromatic rings. The van der Waals surface area contributed by atoms with Crippen LogP contribution in [0, 0.1) is 11.3 Å². The van der Waals surface area contributed by atoms with Crippen LogP contribution in [0.25, 0.3) is 0 Å². The zero-order valence-electron chi connectivity index (χ0n) is 16.7. The number of nitrogens with one attached hydrogen (secondary N) is 2. The van der Waals surface area contributed by atoms with E-state index in [4.69, 9.17) is 4.74 Å². The van der Waals surface area contributed by atoms with Gasteiger partial charge in [0.1, 0.15) is 0 Å². The molecule has 0 aromatic carbocycles. The average molecular weight is 454 g/mol. The minimum atomic E-state index is 0. The molecule has 2 N–H and O–H groups in total. The van der Waals surface area contributed by atoms with Gasteiger partial charge in [0.05, 0.1) is 6.10 Å². The normalized spacial score (nSPS) is 22.5. The standard InChI is InChI=1S/C18H38N4O.HI/c1-14-9-8-10-22(13-14)15(2)11-20-17(19-6)21-12-16(23-7)18(3,4)5;/h14-16H,8-13H2,1-7H3,(H2,19,20,21);1H. The van der Waals surface area contributed by atoms with Crippen LogP contribution in [0.15, 0.2) is 4.99 Å². The first kappa shape index (κ1) is 23.9. The number of nitrogens with zero attached hydrogens (tertiary/aromatic N) is 2. The van der Waals surface area contributed by atoms with Crippen molar-refractivity contribution in [2.24, 2.45) is 16.3 Å². The van der Waals surface area contributed by atoms with E-state index in [0.717, 1.165) is 25.0 Å². The van der Waals surface area contributed by atoms with E-state index in [1.807, 2.05) is 7.05 Å². The summed E-state index contributed by atoms with van der Waals surface area (Å²) in [5.74, 6) is 1.67. The number of aliphatic imine (C=N–C) groups is 1. The zero-order valence-corrected chi connectivity index (χ0v) is 19.0. The summed E-state index contributed by atoms with van der Waals surface area (Å²) in [7, 11) is 3.59. The topological polar surface area (TPSA) is 48.9 Å². The van der Waals surface area contributed by atoms with Crippen molar-refractivity contribution in [1.82, 2.24) is 15.5 Å². The number of rotatable bonds is 6. The Balaban J connectivity index is 0.00000529. The van der Waals surface area contributed by atoms with Gasteiger partial charge in [0, 0.05) is 39.8 Å². The number of ether oxygens (including phenoxy) is 1. The molecule has 0 spiro atoms. The Morgan fingerprint density at radius 1 is 1.29 bits per heavy atom. The van der Waals surface area contributed by atoms with E-state index < -0.39 is 0 Å². The van der Waals surface area contributed by atoms with Gasteiger partial charge in [0.15, 0.2) is 5.96 Å². The van der Waals surface area contributed by atoms with Crippen LogP contribution < -0.4 is 10.6 Å². The summed E-state index contributed by atoms with van der Waals surface area (Å²) in [5, 5.41) is 6.84.